The first-order valence-electron chi connectivity index (χ1n) is 10.0. The molecule has 3 fully saturated rings. The lowest BCUT2D eigenvalue weighted by molar-refractivity contribution is -0.125. The van der Waals surface area contributed by atoms with Crippen LogP contribution in [0.25, 0.3) is 0 Å². The van der Waals surface area contributed by atoms with E-state index in [-0.39, 0.29) is 0 Å². The van der Waals surface area contributed by atoms with Crippen LogP contribution in [0, 0.1) is 11.3 Å². The molecular weight excluding hydrogens is 330 g/mol. The van der Waals surface area contributed by atoms with Gasteiger partial charge in [-0.1, -0.05) is 12.8 Å². The van der Waals surface area contributed by atoms with Gasteiger partial charge in [-0.15, -0.1) is 0 Å². The van der Waals surface area contributed by atoms with Gasteiger partial charge in [-0.2, -0.15) is 0 Å². The molecule has 2 aliphatic carbocycles. The molecule has 0 bridgehead atoms. The van der Waals surface area contributed by atoms with Crippen LogP contribution in [-0.2, 0) is 15.9 Å². The van der Waals surface area contributed by atoms with E-state index in [1.807, 2.05) is 12.1 Å². The summed E-state index contributed by atoms with van der Waals surface area (Å²) in [7, 11) is 1.72. The van der Waals surface area contributed by atoms with Crippen LogP contribution in [0.4, 0.5) is 0 Å². The van der Waals surface area contributed by atoms with Crippen molar-refractivity contribution in [1.29, 1.82) is 0 Å². The maximum Gasteiger partial charge on any atom is 0.191 e. The van der Waals surface area contributed by atoms with E-state index in [9.17, 15) is 0 Å². The fourth-order valence-corrected chi connectivity index (χ4v) is 5.21. The van der Waals surface area contributed by atoms with Crippen molar-refractivity contribution in [2.45, 2.75) is 50.7 Å². The summed E-state index contributed by atoms with van der Waals surface area (Å²) in [5, 5.41) is 7.25. The van der Waals surface area contributed by atoms with Gasteiger partial charge in [0, 0.05) is 44.1 Å². The number of ether oxygens (including phenoxy) is 2. The Kier molecular flexibility index (Phi) is 5.50. The standard InChI is InChI=1S/C20H31N3O3/c1-24-14-11-22-19(21-10-6-15-5-4-12-25-15)23-17-16-7-13-26-18(16)20(17)8-2-3-9-20/h4-5,12,16-18H,2-3,6-11,13-14H2,1H3,(H2,21,22,23). The summed E-state index contributed by atoms with van der Waals surface area (Å²) in [5.41, 5.74) is 0.325. The lowest BCUT2D eigenvalue weighted by atomic mass is 9.54. The van der Waals surface area contributed by atoms with Gasteiger partial charge in [-0.25, -0.2) is 0 Å². The second-order valence-corrected chi connectivity index (χ2v) is 7.79. The SMILES string of the molecule is COCCN=C(NCCc1ccco1)NC1C2CCOC2C12CCCC2. The molecule has 4 rings (SSSR count). The maximum absolute atomic E-state index is 6.10. The molecule has 2 N–H and O–H groups in total. The van der Waals surface area contributed by atoms with Crippen molar-refractivity contribution in [2.24, 2.45) is 16.3 Å². The third-order valence-corrected chi connectivity index (χ3v) is 6.39. The Labute approximate surface area is 155 Å². The summed E-state index contributed by atoms with van der Waals surface area (Å²) in [6, 6.07) is 4.42. The summed E-state index contributed by atoms with van der Waals surface area (Å²) < 4.78 is 16.7. The predicted molar refractivity (Wildman–Crippen MR) is 100 cm³/mol. The van der Waals surface area contributed by atoms with Crippen molar-refractivity contribution in [1.82, 2.24) is 10.6 Å². The van der Waals surface area contributed by atoms with Crippen molar-refractivity contribution >= 4 is 5.96 Å². The molecule has 1 saturated heterocycles. The molecule has 1 aromatic rings. The van der Waals surface area contributed by atoms with E-state index in [4.69, 9.17) is 18.9 Å². The van der Waals surface area contributed by atoms with E-state index in [1.54, 1.807) is 13.4 Å². The molecule has 0 radical (unpaired) electrons. The van der Waals surface area contributed by atoms with E-state index in [0.717, 1.165) is 31.3 Å². The highest BCUT2D eigenvalue weighted by Crippen LogP contribution is 2.60. The zero-order chi connectivity index (χ0) is 17.8. The number of hydrogen-bond acceptors (Lipinski definition) is 4. The Bertz CT molecular complexity index is 595. The van der Waals surface area contributed by atoms with Gasteiger partial charge in [0.2, 0.25) is 0 Å². The van der Waals surface area contributed by atoms with E-state index >= 15 is 0 Å². The molecule has 2 saturated carbocycles. The smallest absolute Gasteiger partial charge is 0.191 e. The highest BCUT2D eigenvalue weighted by atomic mass is 16.5. The number of guanidine groups is 1. The number of nitrogens with one attached hydrogen (secondary N) is 2. The van der Waals surface area contributed by atoms with E-state index in [2.05, 4.69) is 10.6 Å². The van der Waals surface area contributed by atoms with Crippen molar-refractivity contribution in [3.05, 3.63) is 24.2 Å². The largest absolute Gasteiger partial charge is 0.469 e. The lowest BCUT2D eigenvalue weighted by Gasteiger charge is -2.57. The van der Waals surface area contributed by atoms with Gasteiger partial charge < -0.3 is 24.5 Å². The van der Waals surface area contributed by atoms with Crippen LogP contribution in [0.1, 0.15) is 37.9 Å². The molecule has 1 aromatic heterocycles. The number of nitrogens with zero attached hydrogens (tertiary/aromatic N) is 1. The fourth-order valence-electron chi connectivity index (χ4n) is 5.21. The monoisotopic (exact) mass is 361 g/mol. The van der Waals surface area contributed by atoms with E-state index < -0.39 is 0 Å². The molecule has 3 atom stereocenters. The number of hydrogen-bond donors (Lipinski definition) is 2. The number of furan rings is 1. The van der Waals surface area contributed by atoms with Crippen LogP contribution >= 0.6 is 0 Å². The number of fused-ring (bicyclic) bond motifs is 2. The van der Waals surface area contributed by atoms with Gasteiger partial charge in [0.15, 0.2) is 5.96 Å². The average Bonchev–Trinajstić information content (AvgIpc) is 3.39. The lowest BCUT2D eigenvalue weighted by Crippen LogP contribution is -2.69. The molecule has 3 unspecified atom stereocenters. The Balaban J connectivity index is 1.39. The third-order valence-electron chi connectivity index (χ3n) is 6.39. The Morgan fingerprint density at radius 1 is 1.38 bits per heavy atom. The molecule has 0 amide bonds. The van der Waals surface area contributed by atoms with Crippen LogP contribution in [0.5, 0.6) is 0 Å². The van der Waals surface area contributed by atoms with Gasteiger partial charge in [-0.3, -0.25) is 4.99 Å². The van der Waals surface area contributed by atoms with E-state index in [0.29, 0.717) is 36.6 Å². The minimum atomic E-state index is 0.325. The van der Waals surface area contributed by atoms with Crippen LogP contribution in [-0.4, -0.2) is 51.5 Å². The average molecular weight is 361 g/mol. The molecule has 1 aliphatic heterocycles. The normalized spacial score (nSPS) is 29.6. The fraction of sp³-hybridized carbons (Fsp3) is 0.750. The molecular formula is C20H31N3O3. The topological polar surface area (TPSA) is 68.0 Å². The third kappa shape index (κ3) is 3.37. The predicted octanol–water partition coefficient (Wildman–Crippen LogP) is 2.35. The summed E-state index contributed by atoms with van der Waals surface area (Å²) >= 11 is 0. The minimum absolute atomic E-state index is 0.325. The van der Waals surface area contributed by atoms with E-state index in [1.165, 1.54) is 32.1 Å². The first-order valence-corrected chi connectivity index (χ1v) is 10.0. The first kappa shape index (κ1) is 17.9. The van der Waals surface area contributed by atoms with Crippen LogP contribution < -0.4 is 10.6 Å². The highest BCUT2D eigenvalue weighted by Gasteiger charge is 2.65. The molecule has 6 heteroatoms. The summed E-state index contributed by atoms with van der Waals surface area (Å²) in [5.74, 6) is 2.52. The van der Waals surface area contributed by atoms with Crippen molar-refractivity contribution in [2.75, 3.05) is 33.4 Å². The number of rotatable bonds is 7. The van der Waals surface area contributed by atoms with Gasteiger partial charge >= 0.3 is 0 Å². The Morgan fingerprint density at radius 2 is 2.27 bits per heavy atom. The number of aliphatic imine (C=N–C) groups is 1. The molecule has 1 spiro atoms. The zero-order valence-electron chi connectivity index (χ0n) is 15.7. The zero-order valence-corrected chi connectivity index (χ0v) is 15.7. The van der Waals surface area contributed by atoms with Gasteiger partial charge in [-0.05, 0) is 31.4 Å². The number of methoxy groups -OCH3 is 1. The van der Waals surface area contributed by atoms with Gasteiger partial charge in [0.05, 0.1) is 25.5 Å². The van der Waals surface area contributed by atoms with Gasteiger partial charge in [0.25, 0.3) is 0 Å². The van der Waals surface area contributed by atoms with Crippen LogP contribution in [0.2, 0.25) is 0 Å². The molecule has 26 heavy (non-hydrogen) atoms. The van der Waals surface area contributed by atoms with Crippen molar-refractivity contribution < 1.29 is 13.9 Å². The van der Waals surface area contributed by atoms with Crippen LogP contribution in [0.15, 0.2) is 27.8 Å². The summed E-state index contributed by atoms with van der Waals surface area (Å²) in [6.45, 7) is 3.01. The molecule has 3 aliphatic rings. The summed E-state index contributed by atoms with van der Waals surface area (Å²) in [6.07, 6.45) is 9.42. The van der Waals surface area contributed by atoms with Crippen molar-refractivity contribution in [3.63, 3.8) is 0 Å². The highest BCUT2D eigenvalue weighted by molar-refractivity contribution is 5.80. The minimum Gasteiger partial charge on any atom is -0.469 e. The maximum atomic E-state index is 6.10. The molecule has 2 heterocycles. The van der Waals surface area contributed by atoms with Crippen LogP contribution in [0.3, 0.4) is 0 Å². The quantitative estimate of drug-likeness (QED) is 0.443. The van der Waals surface area contributed by atoms with Gasteiger partial charge in [0.1, 0.15) is 5.76 Å². The first-order chi connectivity index (χ1) is 12.8. The second kappa shape index (κ2) is 8.01. The Hall–Kier alpha value is -1.53. The van der Waals surface area contributed by atoms with Crippen molar-refractivity contribution in [3.8, 4) is 0 Å². The Morgan fingerprint density at radius 3 is 3.04 bits per heavy atom. The summed E-state index contributed by atoms with van der Waals surface area (Å²) in [4.78, 5) is 4.72. The molecule has 6 nitrogen and oxygen atoms in total. The molecule has 144 valence electrons. The molecule has 0 aromatic carbocycles. The second-order valence-electron chi connectivity index (χ2n) is 7.79.